The van der Waals surface area contributed by atoms with Crippen LogP contribution in [0.4, 0.5) is 0 Å². The SMILES string of the molecule is CCOC(=O)c1c(/C=C/C(=O)NNC(=O)c2ccc(CC)cc2)c(C)n(CC)c1C. The normalized spacial score (nSPS) is 10.8. The second kappa shape index (κ2) is 10.4. The molecule has 0 unspecified atom stereocenters. The Morgan fingerprint density at radius 3 is 2.23 bits per heavy atom. The van der Waals surface area contributed by atoms with Gasteiger partial charge in [0.15, 0.2) is 0 Å². The Kier molecular flexibility index (Phi) is 7.98. The summed E-state index contributed by atoms with van der Waals surface area (Å²) in [5, 5.41) is 0. The van der Waals surface area contributed by atoms with E-state index in [2.05, 4.69) is 10.9 Å². The fourth-order valence-corrected chi connectivity index (χ4v) is 3.33. The van der Waals surface area contributed by atoms with E-state index >= 15 is 0 Å². The highest BCUT2D eigenvalue weighted by molar-refractivity contribution is 6.00. The van der Waals surface area contributed by atoms with E-state index in [0.29, 0.717) is 23.2 Å². The number of hydrazine groups is 1. The maximum atomic E-state index is 12.4. The molecular formula is C23H29N3O4. The van der Waals surface area contributed by atoms with Crippen molar-refractivity contribution in [1.82, 2.24) is 15.4 Å². The number of aromatic nitrogens is 1. The second-order valence-electron chi connectivity index (χ2n) is 6.75. The number of hydrogen-bond donors (Lipinski definition) is 2. The van der Waals surface area contributed by atoms with Crippen LogP contribution in [0.15, 0.2) is 30.3 Å². The third-order valence-corrected chi connectivity index (χ3v) is 4.95. The number of esters is 1. The predicted molar refractivity (Wildman–Crippen MR) is 116 cm³/mol. The van der Waals surface area contributed by atoms with Crippen LogP contribution in [0.5, 0.6) is 0 Å². The van der Waals surface area contributed by atoms with Gasteiger partial charge in [0.05, 0.1) is 12.2 Å². The van der Waals surface area contributed by atoms with Crippen molar-refractivity contribution in [3.63, 3.8) is 0 Å². The minimum absolute atomic E-state index is 0.267. The van der Waals surface area contributed by atoms with Gasteiger partial charge in [-0.1, -0.05) is 19.1 Å². The van der Waals surface area contributed by atoms with Crippen molar-refractivity contribution in [1.29, 1.82) is 0 Å². The summed E-state index contributed by atoms with van der Waals surface area (Å²) < 4.78 is 7.16. The molecule has 1 aromatic carbocycles. The van der Waals surface area contributed by atoms with Gasteiger partial charge in [0.1, 0.15) is 0 Å². The van der Waals surface area contributed by atoms with E-state index in [1.165, 1.54) is 6.08 Å². The third kappa shape index (κ3) is 5.17. The van der Waals surface area contributed by atoms with Crippen LogP contribution in [-0.4, -0.2) is 29.0 Å². The molecule has 0 aliphatic carbocycles. The zero-order valence-electron chi connectivity index (χ0n) is 18.2. The van der Waals surface area contributed by atoms with Gasteiger partial charge in [-0.15, -0.1) is 0 Å². The van der Waals surface area contributed by atoms with Crippen LogP contribution < -0.4 is 10.9 Å². The highest BCUT2D eigenvalue weighted by Crippen LogP contribution is 2.24. The molecule has 0 atom stereocenters. The van der Waals surface area contributed by atoms with Crippen LogP contribution in [0, 0.1) is 13.8 Å². The van der Waals surface area contributed by atoms with Gasteiger partial charge in [-0.3, -0.25) is 20.4 Å². The summed E-state index contributed by atoms with van der Waals surface area (Å²) in [6.07, 6.45) is 3.74. The Hall–Kier alpha value is -3.35. The van der Waals surface area contributed by atoms with E-state index in [1.807, 2.05) is 44.4 Å². The summed E-state index contributed by atoms with van der Waals surface area (Å²) in [6, 6.07) is 7.16. The lowest BCUT2D eigenvalue weighted by molar-refractivity contribution is -0.117. The van der Waals surface area contributed by atoms with Crippen molar-refractivity contribution < 1.29 is 19.1 Å². The summed E-state index contributed by atoms with van der Waals surface area (Å²) >= 11 is 0. The van der Waals surface area contributed by atoms with Crippen molar-refractivity contribution in [2.24, 2.45) is 0 Å². The van der Waals surface area contributed by atoms with Crippen LogP contribution in [0.25, 0.3) is 6.08 Å². The standard InChI is InChI=1S/C23H29N3O4/c1-6-17-9-11-18(12-10-17)22(28)25-24-20(27)14-13-19-15(4)26(7-2)16(5)21(19)23(29)30-8-3/h9-14H,6-8H2,1-5H3,(H,24,27)(H,25,28)/b14-13+. The number of ether oxygens (including phenoxy) is 1. The molecule has 7 heteroatoms. The molecule has 0 fully saturated rings. The maximum absolute atomic E-state index is 12.4. The molecule has 0 saturated carbocycles. The van der Waals surface area contributed by atoms with E-state index in [-0.39, 0.29) is 6.61 Å². The zero-order valence-corrected chi connectivity index (χ0v) is 18.2. The minimum Gasteiger partial charge on any atom is -0.462 e. The Bertz CT molecular complexity index is 956. The fraction of sp³-hybridized carbons (Fsp3) is 0.348. The first-order valence-corrected chi connectivity index (χ1v) is 10.1. The summed E-state index contributed by atoms with van der Waals surface area (Å²) in [7, 11) is 0. The molecule has 0 aliphatic rings. The van der Waals surface area contributed by atoms with Gasteiger partial charge in [0.25, 0.3) is 11.8 Å². The fourth-order valence-electron chi connectivity index (χ4n) is 3.33. The van der Waals surface area contributed by atoms with Crippen molar-refractivity contribution >= 4 is 23.9 Å². The molecule has 160 valence electrons. The minimum atomic E-state index is -0.510. The van der Waals surface area contributed by atoms with Gasteiger partial charge in [-0.05, 0) is 57.9 Å². The number of nitrogens with zero attached hydrogens (tertiary/aromatic N) is 1. The van der Waals surface area contributed by atoms with E-state index in [1.54, 1.807) is 25.1 Å². The molecule has 0 aliphatic heterocycles. The highest BCUT2D eigenvalue weighted by atomic mass is 16.5. The molecule has 2 amide bonds. The summed E-state index contributed by atoms with van der Waals surface area (Å²) in [6.45, 7) is 10.5. The number of amides is 2. The Labute approximate surface area is 177 Å². The van der Waals surface area contributed by atoms with Gasteiger partial charge in [0.2, 0.25) is 0 Å². The summed E-state index contributed by atoms with van der Waals surface area (Å²) in [4.78, 5) is 36.8. The average molecular weight is 412 g/mol. The number of rotatable bonds is 7. The molecule has 7 nitrogen and oxygen atoms in total. The number of carbonyl (C=O) groups is 3. The van der Waals surface area contributed by atoms with Crippen molar-refractivity contribution in [2.45, 2.75) is 47.6 Å². The molecule has 1 heterocycles. The Morgan fingerprint density at radius 1 is 1.00 bits per heavy atom. The van der Waals surface area contributed by atoms with Gasteiger partial charge in [0, 0.05) is 35.1 Å². The Morgan fingerprint density at radius 2 is 1.67 bits per heavy atom. The lowest BCUT2D eigenvalue weighted by atomic mass is 10.1. The molecule has 2 rings (SSSR count). The van der Waals surface area contributed by atoms with Crippen LogP contribution in [0.1, 0.15) is 64.0 Å². The lowest BCUT2D eigenvalue weighted by Gasteiger charge is -2.06. The number of nitrogens with one attached hydrogen (secondary N) is 2. The topological polar surface area (TPSA) is 89.4 Å². The van der Waals surface area contributed by atoms with E-state index < -0.39 is 17.8 Å². The zero-order chi connectivity index (χ0) is 22.3. The number of carbonyl (C=O) groups excluding carboxylic acids is 3. The molecule has 0 saturated heterocycles. The Balaban J connectivity index is 2.11. The highest BCUT2D eigenvalue weighted by Gasteiger charge is 2.22. The van der Waals surface area contributed by atoms with Crippen molar-refractivity contribution in [3.05, 3.63) is 64.0 Å². The number of aryl methyl sites for hydroxylation is 1. The third-order valence-electron chi connectivity index (χ3n) is 4.95. The smallest absolute Gasteiger partial charge is 0.340 e. The van der Waals surface area contributed by atoms with Gasteiger partial charge < -0.3 is 9.30 Å². The molecule has 0 spiro atoms. The van der Waals surface area contributed by atoms with Gasteiger partial charge >= 0.3 is 5.97 Å². The van der Waals surface area contributed by atoms with E-state index in [9.17, 15) is 14.4 Å². The quantitative estimate of drug-likeness (QED) is 0.415. The molecule has 1 aromatic heterocycles. The molecule has 0 bridgehead atoms. The molecule has 2 N–H and O–H groups in total. The number of hydrogen-bond acceptors (Lipinski definition) is 4. The van der Waals surface area contributed by atoms with E-state index in [0.717, 1.165) is 23.4 Å². The molecule has 2 aromatic rings. The monoisotopic (exact) mass is 411 g/mol. The average Bonchev–Trinajstić information content (AvgIpc) is 2.99. The number of benzene rings is 1. The summed E-state index contributed by atoms with van der Waals surface area (Å²) in [5.41, 5.74) is 9.05. The van der Waals surface area contributed by atoms with Gasteiger partial charge in [-0.25, -0.2) is 4.79 Å². The predicted octanol–water partition coefficient (Wildman–Crippen LogP) is 3.34. The van der Waals surface area contributed by atoms with Crippen LogP contribution >= 0.6 is 0 Å². The first kappa shape index (κ1) is 22.9. The first-order chi connectivity index (χ1) is 14.3. The molecular weight excluding hydrogens is 382 g/mol. The van der Waals surface area contributed by atoms with Gasteiger partial charge in [-0.2, -0.15) is 0 Å². The second-order valence-corrected chi connectivity index (χ2v) is 6.75. The van der Waals surface area contributed by atoms with E-state index in [4.69, 9.17) is 4.74 Å². The van der Waals surface area contributed by atoms with Crippen LogP contribution in [0.2, 0.25) is 0 Å². The molecule has 30 heavy (non-hydrogen) atoms. The maximum Gasteiger partial charge on any atom is 0.340 e. The van der Waals surface area contributed by atoms with Crippen LogP contribution in [0.3, 0.4) is 0 Å². The lowest BCUT2D eigenvalue weighted by Crippen LogP contribution is -2.40. The first-order valence-electron chi connectivity index (χ1n) is 10.1. The van der Waals surface area contributed by atoms with Crippen molar-refractivity contribution in [2.75, 3.05) is 6.61 Å². The van der Waals surface area contributed by atoms with Crippen LogP contribution in [-0.2, 0) is 22.5 Å². The largest absolute Gasteiger partial charge is 0.462 e. The van der Waals surface area contributed by atoms with Crippen molar-refractivity contribution in [3.8, 4) is 0 Å². The molecule has 0 radical (unpaired) electrons. The summed E-state index contributed by atoms with van der Waals surface area (Å²) in [5.74, 6) is -1.34.